The maximum absolute atomic E-state index is 12.0. The summed E-state index contributed by atoms with van der Waals surface area (Å²) in [5.41, 5.74) is 6.49. The fraction of sp³-hybridized carbons (Fsp3) is 0.667. The average Bonchev–Trinajstić information content (AvgIpc) is 2.78. The first-order valence-electron chi connectivity index (χ1n) is 7.57. The van der Waals surface area contributed by atoms with E-state index < -0.39 is 0 Å². The van der Waals surface area contributed by atoms with E-state index in [1.807, 2.05) is 6.92 Å². The number of methoxy groups -OCH3 is 1. The Hall–Kier alpha value is -1.43. The lowest BCUT2D eigenvalue weighted by Gasteiger charge is -2.27. The number of carbonyl (C=O) groups excluding carboxylic acids is 1. The van der Waals surface area contributed by atoms with E-state index in [1.165, 1.54) is 24.2 Å². The van der Waals surface area contributed by atoms with Gasteiger partial charge in [0.25, 0.3) is 5.91 Å². The molecule has 1 aliphatic carbocycles. The molecular weight excluding hydrogens is 286 g/mol. The highest BCUT2D eigenvalue weighted by Crippen LogP contribution is 2.43. The lowest BCUT2D eigenvalue weighted by atomic mass is 9.87. The molecule has 0 aliphatic heterocycles. The summed E-state index contributed by atoms with van der Waals surface area (Å²) in [5.74, 6) is 1.27. The number of nitrogens with one attached hydrogen (secondary N) is 2. The lowest BCUT2D eigenvalue weighted by Crippen LogP contribution is -2.24. The number of ether oxygens (including phenoxy) is 1. The van der Waals surface area contributed by atoms with Gasteiger partial charge >= 0.3 is 0 Å². The van der Waals surface area contributed by atoms with Crippen molar-refractivity contribution in [1.82, 2.24) is 5.32 Å². The molecule has 0 atom stereocenters. The topological polar surface area (TPSA) is 76.4 Å². The first-order chi connectivity index (χ1) is 10.1. The largest absolute Gasteiger partial charge is 0.492 e. The smallest absolute Gasteiger partial charge is 0.263 e. The molecular formula is C15H25N3O2S. The van der Waals surface area contributed by atoms with Gasteiger partial charge in [0.2, 0.25) is 0 Å². The predicted molar refractivity (Wildman–Crippen MR) is 88.3 cm³/mol. The summed E-state index contributed by atoms with van der Waals surface area (Å²) in [6.07, 6.45) is 4.78. The van der Waals surface area contributed by atoms with Crippen molar-refractivity contribution in [2.75, 3.05) is 24.7 Å². The summed E-state index contributed by atoms with van der Waals surface area (Å²) in [7, 11) is 1.59. The summed E-state index contributed by atoms with van der Waals surface area (Å²) in [5, 5.41) is 7.17. The van der Waals surface area contributed by atoms with Gasteiger partial charge in [-0.05, 0) is 38.5 Å². The lowest BCUT2D eigenvalue weighted by molar-refractivity contribution is 0.0960. The van der Waals surface area contributed by atoms with Gasteiger partial charge in [0.15, 0.2) is 5.75 Å². The average molecular weight is 311 g/mol. The molecule has 1 amide bonds. The third-order valence-corrected chi connectivity index (χ3v) is 5.12. The highest BCUT2D eigenvalue weighted by atomic mass is 32.1. The second-order valence-electron chi connectivity index (χ2n) is 5.67. The van der Waals surface area contributed by atoms with Crippen LogP contribution in [-0.2, 0) is 0 Å². The molecule has 0 spiro atoms. The van der Waals surface area contributed by atoms with Crippen LogP contribution in [0.1, 0.15) is 49.2 Å². The minimum atomic E-state index is -0.136. The molecule has 1 fully saturated rings. The van der Waals surface area contributed by atoms with Gasteiger partial charge in [-0.3, -0.25) is 4.79 Å². The number of rotatable bonds is 5. The number of carbonyl (C=O) groups is 1. The predicted octanol–water partition coefficient (Wildman–Crippen LogP) is 3.08. The summed E-state index contributed by atoms with van der Waals surface area (Å²) in [6, 6.07) is 0.440. The van der Waals surface area contributed by atoms with Crippen molar-refractivity contribution in [2.24, 2.45) is 5.92 Å². The van der Waals surface area contributed by atoms with E-state index in [1.54, 1.807) is 7.11 Å². The van der Waals surface area contributed by atoms with Crippen LogP contribution < -0.4 is 21.1 Å². The fourth-order valence-corrected chi connectivity index (χ4v) is 3.81. The van der Waals surface area contributed by atoms with Gasteiger partial charge in [-0.25, -0.2) is 0 Å². The molecule has 0 saturated heterocycles. The number of thiophene rings is 1. The molecule has 4 N–H and O–H groups in total. The van der Waals surface area contributed by atoms with Crippen LogP contribution in [0.5, 0.6) is 5.75 Å². The van der Waals surface area contributed by atoms with Gasteiger partial charge in [0, 0.05) is 12.6 Å². The highest BCUT2D eigenvalue weighted by molar-refractivity contribution is 7.19. The van der Waals surface area contributed by atoms with E-state index in [4.69, 9.17) is 10.5 Å². The van der Waals surface area contributed by atoms with Crippen LogP contribution in [0, 0.1) is 5.92 Å². The monoisotopic (exact) mass is 311 g/mol. The second kappa shape index (κ2) is 7.02. The third kappa shape index (κ3) is 3.61. The van der Waals surface area contributed by atoms with Crippen LogP contribution in [0.2, 0.25) is 0 Å². The molecule has 0 radical (unpaired) electrons. The van der Waals surface area contributed by atoms with Gasteiger partial charge in [0.1, 0.15) is 15.6 Å². The summed E-state index contributed by atoms with van der Waals surface area (Å²) in [4.78, 5) is 12.5. The second-order valence-corrected chi connectivity index (χ2v) is 6.69. The molecule has 1 saturated carbocycles. The molecule has 0 bridgehead atoms. The molecule has 1 aromatic heterocycles. The maximum Gasteiger partial charge on any atom is 0.263 e. The Morgan fingerprint density at radius 2 is 2.05 bits per heavy atom. The van der Waals surface area contributed by atoms with E-state index >= 15 is 0 Å². The maximum atomic E-state index is 12.0. The van der Waals surface area contributed by atoms with E-state index in [0.717, 1.165) is 23.8 Å². The van der Waals surface area contributed by atoms with Gasteiger partial charge in [-0.2, -0.15) is 0 Å². The first-order valence-corrected chi connectivity index (χ1v) is 8.39. The first kappa shape index (κ1) is 15.9. The number of amides is 1. The minimum absolute atomic E-state index is 0.136. The Morgan fingerprint density at radius 1 is 1.38 bits per heavy atom. The standard InChI is InChI=1S/C15H25N3O2S/c1-4-17-14(19)13-11(16)12(20-3)15(21-13)18-10-7-5-9(2)6-8-10/h9-10,18H,4-8,16H2,1-3H3,(H,17,19). The number of nitrogen functional groups attached to an aromatic ring is 1. The SMILES string of the molecule is CCNC(=O)c1sc(NC2CCC(C)CC2)c(OC)c1N. The van der Waals surface area contributed by atoms with Gasteiger partial charge in [-0.1, -0.05) is 6.92 Å². The molecule has 21 heavy (non-hydrogen) atoms. The van der Waals surface area contributed by atoms with Crippen molar-refractivity contribution in [3.05, 3.63) is 4.88 Å². The zero-order valence-electron chi connectivity index (χ0n) is 13.0. The normalized spacial score (nSPS) is 21.9. The van der Waals surface area contributed by atoms with Crippen LogP contribution in [-0.4, -0.2) is 25.6 Å². The van der Waals surface area contributed by atoms with E-state index in [0.29, 0.717) is 28.9 Å². The Labute approximate surface area is 130 Å². The molecule has 6 heteroatoms. The summed E-state index contributed by atoms with van der Waals surface area (Å²) >= 11 is 1.38. The Bertz CT molecular complexity index is 493. The molecule has 1 aliphatic rings. The van der Waals surface area contributed by atoms with Crippen LogP contribution >= 0.6 is 11.3 Å². The number of nitrogens with two attached hydrogens (primary N) is 1. The third-order valence-electron chi connectivity index (χ3n) is 4.00. The van der Waals surface area contributed by atoms with Crippen molar-refractivity contribution in [1.29, 1.82) is 0 Å². The Balaban J connectivity index is 2.15. The van der Waals surface area contributed by atoms with Gasteiger partial charge in [0.05, 0.1) is 7.11 Å². The van der Waals surface area contributed by atoms with Crippen molar-refractivity contribution >= 4 is 27.9 Å². The van der Waals surface area contributed by atoms with Crippen molar-refractivity contribution < 1.29 is 9.53 Å². The number of hydrogen-bond donors (Lipinski definition) is 3. The van der Waals surface area contributed by atoms with Crippen molar-refractivity contribution in [3.63, 3.8) is 0 Å². The molecule has 1 aromatic rings. The zero-order valence-corrected chi connectivity index (χ0v) is 13.8. The molecule has 0 unspecified atom stereocenters. The molecule has 5 nitrogen and oxygen atoms in total. The van der Waals surface area contributed by atoms with E-state index in [2.05, 4.69) is 17.6 Å². The number of hydrogen-bond acceptors (Lipinski definition) is 5. The minimum Gasteiger partial charge on any atom is -0.492 e. The zero-order chi connectivity index (χ0) is 15.4. The van der Waals surface area contributed by atoms with Crippen LogP contribution in [0.4, 0.5) is 10.7 Å². The van der Waals surface area contributed by atoms with Crippen LogP contribution in [0.15, 0.2) is 0 Å². The van der Waals surface area contributed by atoms with Crippen LogP contribution in [0.3, 0.4) is 0 Å². The number of anilines is 2. The Kier molecular flexibility index (Phi) is 5.33. The van der Waals surface area contributed by atoms with Crippen molar-refractivity contribution in [2.45, 2.75) is 45.6 Å². The van der Waals surface area contributed by atoms with Gasteiger partial charge < -0.3 is 21.1 Å². The highest BCUT2D eigenvalue weighted by Gasteiger charge is 2.25. The summed E-state index contributed by atoms with van der Waals surface area (Å²) < 4.78 is 5.39. The molecule has 118 valence electrons. The van der Waals surface area contributed by atoms with Crippen molar-refractivity contribution in [3.8, 4) is 5.75 Å². The van der Waals surface area contributed by atoms with E-state index in [9.17, 15) is 4.79 Å². The summed E-state index contributed by atoms with van der Waals surface area (Å²) in [6.45, 7) is 4.77. The van der Waals surface area contributed by atoms with E-state index in [-0.39, 0.29) is 5.91 Å². The Morgan fingerprint density at radius 3 is 2.62 bits per heavy atom. The quantitative estimate of drug-likeness (QED) is 0.781. The molecule has 0 aromatic carbocycles. The molecule has 2 rings (SSSR count). The fourth-order valence-electron chi connectivity index (χ4n) is 2.73. The molecule has 1 heterocycles. The van der Waals surface area contributed by atoms with Gasteiger partial charge in [-0.15, -0.1) is 11.3 Å². The van der Waals surface area contributed by atoms with Crippen LogP contribution in [0.25, 0.3) is 0 Å².